The van der Waals surface area contributed by atoms with Crippen molar-refractivity contribution in [3.63, 3.8) is 0 Å². The van der Waals surface area contributed by atoms with E-state index in [4.69, 9.17) is 0 Å². The molecule has 0 aromatic carbocycles. The molecule has 0 spiro atoms. The molecule has 0 saturated carbocycles. The second kappa shape index (κ2) is 7.57. The van der Waals surface area contributed by atoms with Crippen molar-refractivity contribution >= 4 is 23.1 Å². The Labute approximate surface area is 140 Å². The summed E-state index contributed by atoms with van der Waals surface area (Å²) in [5.41, 5.74) is 0.987. The number of aromatic nitrogens is 1. The van der Waals surface area contributed by atoms with Crippen LogP contribution in [0, 0.1) is 0 Å². The summed E-state index contributed by atoms with van der Waals surface area (Å²) in [7, 11) is 0. The van der Waals surface area contributed by atoms with Crippen LogP contribution in [-0.4, -0.2) is 35.2 Å². The number of β-amino-alcohol motifs (C(OH)–C–C–N with tert-alkyl or cyclic N) is 1. The van der Waals surface area contributed by atoms with Crippen LogP contribution < -0.4 is 10.2 Å². The van der Waals surface area contributed by atoms with Crippen molar-refractivity contribution in [1.82, 2.24) is 10.3 Å². The maximum Gasteiger partial charge on any atom is 0.225 e. The number of carbonyl (C=O) groups excluding carboxylic acids is 1. The molecule has 1 atom stereocenters. The molecule has 6 heteroatoms. The predicted molar refractivity (Wildman–Crippen MR) is 91.6 cm³/mol. The highest BCUT2D eigenvalue weighted by Gasteiger charge is 2.21. The van der Waals surface area contributed by atoms with Crippen LogP contribution in [0.25, 0.3) is 0 Å². The van der Waals surface area contributed by atoms with Gasteiger partial charge in [0.25, 0.3) is 0 Å². The summed E-state index contributed by atoms with van der Waals surface area (Å²) in [6.07, 6.45) is 3.67. The molecule has 1 aliphatic rings. The number of carbonyl (C=O) groups is 1. The SMILES string of the molecule is O=C(Cc1cccs1)NCc1cccnc1N1CCC[C@@H](O)C1. The molecule has 23 heavy (non-hydrogen) atoms. The first-order chi connectivity index (χ1) is 11.2. The number of nitrogens with one attached hydrogen (secondary N) is 1. The van der Waals surface area contributed by atoms with Gasteiger partial charge in [-0.25, -0.2) is 4.98 Å². The first kappa shape index (κ1) is 16.0. The van der Waals surface area contributed by atoms with Gasteiger partial charge in [0.05, 0.1) is 12.5 Å². The van der Waals surface area contributed by atoms with Crippen molar-refractivity contribution in [2.45, 2.75) is 31.9 Å². The molecule has 2 aromatic rings. The Morgan fingerprint density at radius 1 is 1.43 bits per heavy atom. The fraction of sp³-hybridized carbons (Fsp3) is 0.412. The molecule has 2 aromatic heterocycles. The minimum atomic E-state index is -0.299. The van der Waals surface area contributed by atoms with Crippen molar-refractivity contribution in [3.05, 3.63) is 46.3 Å². The molecule has 122 valence electrons. The van der Waals surface area contributed by atoms with Gasteiger partial charge in [-0.15, -0.1) is 11.3 Å². The second-order valence-electron chi connectivity index (χ2n) is 5.76. The standard InChI is InChI=1S/C17H21N3O2S/c21-14-5-2-8-20(12-14)17-13(4-1-7-18-17)11-19-16(22)10-15-6-3-9-23-15/h1,3-4,6-7,9,14,21H,2,5,8,10-12H2,(H,19,22)/t14-/m1/s1. The van der Waals surface area contributed by atoms with Crippen LogP contribution in [0.2, 0.25) is 0 Å². The van der Waals surface area contributed by atoms with Gasteiger partial charge in [0, 0.05) is 36.3 Å². The molecule has 3 rings (SSSR count). The average Bonchev–Trinajstić information content (AvgIpc) is 3.06. The number of hydrogen-bond acceptors (Lipinski definition) is 5. The third kappa shape index (κ3) is 4.30. The predicted octanol–water partition coefficient (Wildman–Crippen LogP) is 1.96. The molecule has 2 N–H and O–H groups in total. The van der Waals surface area contributed by atoms with Crippen molar-refractivity contribution in [3.8, 4) is 0 Å². The highest BCUT2D eigenvalue weighted by Crippen LogP contribution is 2.21. The fourth-order valence-corrected chi connectivity index (χ4v) is 3.53. The summed E-state index contributed by atoms with van der Waals surface area (Å²) < 4.78 is 0. The van der Waals surface area contributed by atoms with E-state index in [0.29, 0.717) is 19.5 Å². The Bertz CT molecular complexity index is 645. The van der Waals surface area contributed by atoms with Gasteiger partial charge in [-0.1, -0.05) is 12.1 Å². The lowest BCUT2D eigenvalue weighted by molar-refractivity contribution is -0.120. The monoisotopic (exact) mass is 331 g/mol. The minimum Gasteiger partial charge on any atom is -0.391 e. The average molecular weight is 331 g/mol. The zero-order valence-corrected chi connectivity index (χ0v) is 13.8. The van der Waals surface area contributed by atoms with E-state index >= 15 is 0 Å². The number of anilines is 1. The van der Waals surface area contributed by atoms with Gasteiger partial charge in [0.15, 0.2) is 0 Å². The van der Waals surface area contributed by atoms with Crippen molar-refractivity contribution in [2.75, 3.05) is 18.0 Å². The van der Waals surface area contributed by atoms with E-state index in [9.17, 15) is 9.90 Å². The van der Waals surface area contributed by atoms with Gasteiger partial charge in [0.2, 0.25) is 5.91 Å². The molecule has 0 aliphatic carbocycles. The van der Waals surface area contributed by atoms with Gasteiger partial charge >= 0.3 is 0 Å². The third-order valence-corrected chi connectivity index (χ3v) is 4.83. The van der Waals surface area contributed by atoms with Gasteiger partial charge in [0.1, 0.15) is 5.82 Å². The molecule has 0 unspecified atom stereocenters. The van der Waals surface area contributed by atoms with Crippen LogP contribution in [0.15, 0.2) is 35.8 Å². The summed E-state index contributed by atoms with van der Waals surface area (Å²) in [5.74, 6) is 0.878. The van der Waals surface area contributed by atoms with E-state index in [1.807, 2.05) is 29.6 Å². The maximum absolute atomic E-state index is 12.0. The third-order valence-electron chi connectivity index (χ3n) is 3.95. The Hall–Kier alpha value is -1.92. The Morgan fingerprint density at radius 2 is 2.35 bits per heavy atom. The van der Waals surface area contributed by atoms with Crippen LogP contribution in [0.1, 0.15) is 23.3 Å². The topological polar surface area (TPSA) is 65.5 Å². The summed E-state index contributed by atoms with van der Waals surface area (Å²) in [4.78, 5) is 19.7. The van der Waals surface area contributed by atoms with Crippen LogP contribution in [0.5, 0.6) is 0 Å². The number of hydrogen-bond donors (Lipinski definition) is 2. The molecule has 0 bridgehead atoms. The first-order valence-electron chi connectivity index (χ1n) is 7.88. The summed E-state index contributed by atoms with van der Waals surface area (Å²) in [5, 5.41) is 14.8. The highest BCUT2D eigenvalue weighted by molar-refractivity contribution is 7.10. The molecule has 5 nitrogen and oxygen atoms in total. The number of rotatable bonds is 5. The van der Waals surface area contributed by atoms with Gasteiger partial charge in [-0.3, -0.25) is 4.79 Å². The second-order valence-corrected chi connectivity index (χ2v) is 6.79. The lowest BCUT2D eigenvalue weighted by Crippen LogP contribution is -2.39. The fourth-order valence-electron chi connectivity index (χ4n) is 2.83. The lowest BCUT2D eigenvalue weighted by atomic mass is 10.1. The Balaban J connectivity index is 1.62. The minimum absolute atomic E-state index is 0.0148. The van der Waals surface area contributed by atoms with Gasteiger partial charge in [-0.2, -0.15) is 0 Å². The van der Waals surface area contributed by atoms with Gasteiger partial charge < -0.3 is 15.3 Å². The van der Waals surface area contributed by atoms with Crippen LogP contribution >= 0.6 is 11.3 Å². The molecule has 3 heterocycles. The van der Waals surface area contributed by atoms with Crippen molar-refractivity contribution in [1.29, 1.82) is 0 Å². The number of nitrogens with zero attached hydrogens (tertiary/aromatic N) is 2. The Morgan fingerprint density at radius 3 is 3.13 bits per heavy atom. The molecule has 1 saturated heterocycles. The van der Waals surface area contributed by atoms with E-state index in [1.165, 1.54) is 0 Å². The lowest BCUT2D eigenvalue weighted by Gasteiger charge is -2.32. The highest BCUT2D eigenvalue weighted by atomic mass is 32.1. The van der Waals surface area contributed by atoms with Crippen LogP contribution in [0.4, 0.5) is 5.82 Å². The molecule has 0 radical (unpaired) electrons. The largest absolute Gasteiger partial charge is 0.391 e. The molecule has 1 aliphatic heterocycles. The number of aliphatic hydroxyl groups is 1. The summed E-state index contributed by atoms with van der Waals surface area (Å²) in [6, 6.07) is 7.78. The summed E-state index contributed by atoms with van der Waals surface area (Å²) in [6.45, 7) is 1.96. The van der Waals surface area contributed by atoms with Crippen molar-refractivity contribution in [2.24, 2.45) is 0 Å². The number of thiophene rings is 1. The van der Waals surface area contributed by atoms with E-state index in [-0.39, 0.29) is 12.0 Å². The van der Waals surface area contributed by atoms with Crippen LogP contribution in [-0.2, 0) is 17.8 Å². The zero-order valence-electron chi connectivity index (χ0n) is 12.9. The van der Waals surface area contributed by atoms with Gasteiger partial charge in [-0.05, 0) is 30.4 Å². The molecule has 1 amide bonds. The zero-order chi connectivity index (χ0) is 16.1. The number of amides is 1. The molecular formula is C17H21N3O2S. The first-order valence-corrected chi connectivity index (χ1v) is 8.76. The smallest absolute Gasteiger partial charge is 0.225 e. The van der Waals surface area contributed by atoms with E-state index < -0.39 is 0 Å². The quantitative estimate of drug-likeness (QED) is 0.879. The maximum atomic E-state index is 12.0. The van der Waals surface area contributed by atoms with Crippen molar-refractivity contribution < 1.29 is 9.90 Å². The normalized spacial score (nSPS) is 18.0. The Kier molecular flexibility index (Phi) is 5.25. The molecule has 1 fully saturated rings. The van der Waals surface area contributed by atoms with E-state index in [2.05, 4.69) is 15.2 Å². The number of pyridine rings is 1. The number of piperidine rings is 1. The van der Waals surface area contributed by atoms with E-state index in [1.54, 1.807) is 17.5 Å². The number of aliphatic hydroxyl groups excluding tert-OH is 1. The summed E-state index contributed by atoms with van der Waals surface area (Å²) >= 11 is 1.59. The van der Waals surface area contributed by atoms with Crippen LogP contribution in [0.3, 0.4) is 0 Å². The molecular weight excluding hydrogens is 310 g/mol. The van der Waals surface area contributed by atoms with E-state index in [0.717, 1.165) is 35.6 Å².